The second-order valence-corrected chi connectivity index (χ2v) is 5.08. The molecule has 0 saturated heterocycles. The summed E-state index contributed by atoms with van der Waals surface area (Å²) in [5.74, 6) is -0.0712. The summed E-state index contributed by atoms with van der Waals surface area (Å²) >= 11 is 0. The summed E-state index contributed by atoms with van der Waals surface area (Å²) in [4.78, 5) is 11.6. The molecule has 1 aromatic rings. The van der Waals surface area contributed by atoms with Gasteiger partial charge in [0.05, 0.1) is 0 Å². The SMILES string of the molecule is CCCC(=O)OC1C=C(c2ccccc2)CCCC1. The zero-order valence-corrected chi connectivity index (χ0v) is 11.6. The third kappa shape index (κ3) is 4.23. The van der Waals surface area contributed by atoms with Gasteiger partial charge in [0.15, 0.2) is 0 Å². The first-order chi connectivity index (χ1) is 9.29. The van der Waals surface area contributed by atoms with Crippen LogP contribution in [0.25, 0.3) is 5.57 Å². The minimum atomic E-state index is -0.0712. The maximum absolute atomic E-state index is 11.6. The van der Waals surface area contributed by atoms with Crippen LogP contribution in [0.5, 0.6) is 0 Å². The molecular weight excluding hydrogens is 236 g/mol. The van der Waals surface area contributed by atoms with Crippen LogP contribution in [0.3, 0.4) is 0 Å². The summed E-state index contributed by atoms with van der Waals surface area (Å²) in [6, 6.07) is 10.4. The van der Waals surface area contributed by atoms with Crippen LogP contribution in [0.4, 0.5) is 0 Å². The van der Waals surface area contributed by atoms with Gasteiger partial charge < -0.3 is 4.74 Å². The van der Waals surface area contributed by atoms with Gasteiger partial charge in [-0.05, 0) is 49.3 Å². The summed E-state index contributed by atoms with van der Waals surface area (Å²) in [5, 5.41) is 0. The highest BCUT2D eigenvalue weighted by molar-refractivity contribution is 5.71. The standard InChI is InChI=1S/C17H22O2/c1-2-8-17(18)19-16-12-7-6-11-15(13-16)14-9-4-3-5-10-14/h3-5,9-10,13,16H,2,6-8,11-12H2,1H3. The van der Waals surface area contributed by atoms with Gasteiger partial charge in [-0.1, -0.05) is 37.3 Å². The second-order valence-electron chi connectivity index (χ2n) is 5.08. The first kappa shape index (κ1) is 13.9. The Labute approximate surface area is 115 Å². The number of benzene rings is 1. The Hall–Kier alpha value is -1.57. The van der Waals surface area contributed by atoms with Gasteiger partial charge in [0.1, 0.15) is 6.10 Å². The smallest absolute Gasteiger partial charge is 0.306 e. The fraction of sp³-hybridized carbons (Fsp3) is 0.471. The molecule has 0 radical (unpaired) electrons. The Balaban J connectivity index is 2.09. The molecule has 1 aromatic carbocycles. The fourth-order valence-corrected chi connectivity index (χ4v) is 2.47. The zero-order chi connectivity index (χ0) is 13.5. The van der Waals surface area contributed by atoms with Crippen molar-refractivity contribution in [2.75, 3.05) is 0 Å². The predicted octanol–water partition coefficient (Wildman–Crippen LogP) is 4.36. The highest BCUT2D eigenvalue weighted by atomic mass is 16.5. The van der Waals surface area contributed by atoms with E-state index in [1.165, 1.54) is 17.6 Å². The van der Waals surface area contributed by atoms with Crippen molar-refractivity contribution in [1.82, 2.24) is 0 Å². The van der Waals surface area contributed by atoms with E-state index in [1.54, 1.807) is 0 Å². The van der Waals surface area contributed by atoms with Crippen LogP contribution in [0.2, 0.25) is 0 Å². The van der Waals surface area contributed by atoms with E-state index < -0.39 is 0 Å². The molecule has 102 valence electrons. The van der Waals surface area contributed by atoms with Crippen molar-refractivity contribution >= 4 is 11.5 Å². The summed E-state index contributed by atoms with van der Waals surface area (Å²) in [6.45, 7) is 2.00. The molecule has 0 aromatic heterocycles. The zero-order valence-electron chi connectivity index (χ0n) is 11.6. The van der Waals surface area contributed by atoms with E-state index in [0.29, 0.717) is 6.42 Å². The van der Waals surface area contributed by atoms with Crippen LogP contribution in [-0.2, 0) is 9.53 Å². The Kier molecular flexibility index (Phi) is 5.20. The van der Waals surface area contributed by atoms with E-state index in [4.69, 9.17) is 4.74 Å². The van der Waals surface area contributed by atoms with Crippen molar-refractivity contribution in [1.29, 1.82) is 0 Å². The molecule has 1 aliphatic rings. The van der Waals surface area contributed by atoms with E-state index in [9.17, 15) is 4.79 Å². The molecule has 0 aliphatic heterocycles. The summed E-state index contributed by atoms with van der Waals surface area (Å²) in [6.07, 6.45) is 7.79. The predicted molar refractivity (Wildman–Crippen MR) is 77.7 cm³/mol. The van der Waals surface area contributed by atoms with Crippen LogP contribution in [0, 0.1) is 0 Å². The molecule has 0 amide bonds. The highest BCUT2D eigenvalue weighted by Crippen LogP contribution is 2.27. The minimum absolute atomic E-state index is 0.0447. The summed E-state index contributed by atoms with van der Waals surface area (Å²) < 4.78 is 5.55. The largest absolute Gasteiger partial charge is 0.458 e. The number of allylic oxidation sites excluding steroid dienone is 1. The Morgan fingerprint density at radius 2 is 2.05 bits per heavy atom. The maximum Gasteiger partial charge on any atom is 0.306 e. The quantitative estimate of drug-likeness (QED) is 0.750. The van der Waals surface area contributed by atoms with Crippen LogP contribution in [0.15, 0.2) is 36.4 Å². The molecule has 0 saturated carbocycles. The molecule has 2 nitrogen and oxygen atoms in total. The average molecular weight is 258 g/mol. The van der Waals surface area contributed by atoms with Gasteiger partial charge in [0, 0.05) is 6.42 Å². The summed E-state index contributed by atoms with van der Waals surface area (Å²) in [7, 11) is 0. The lowest BCUT2D eigenvalue weighted by molar-refractivity contribution is -0.147. The molecule has 1 atom stereocenters. The molecule has 2 heteroatoms. The number of rotatable bonds is 4. The van der Waals surface area contributed by atoms with E-state index >= 15 is 0 Å². The highest BCUT2D eigenvalue weighted by Gasteiger charge is 2.16. The molecule has 0 heterocycles. The average Bonchev–Trinajstić information content (AvgIpc) is 2.65. The Morgan fingerprint density at radius 1 is 1.26 bits per heavy atom. The monoisotopic (exact) mass is 258 g/mol. The van der Waals surface area contributed by atoms with Crippen LogP contribution < -0.4 is 0 Å². The van der Waals surface area contributed by atoms with Crippen LogP contribution >= 0.6 is 0 Å². The molecule has 0 bridgehead atoms. The normalized spacial score (nSPS) is 19.4. The molecule has 2 rings (SSSR count). The van der Waals surface area contributed by atoms with Crippen molar-refractivity contribution in [3.63, 3.8) is 0 Å². The fourth-order valence-electron chi connectivity index (χ4n) is 2.47. The van der Waals surface area contributed by atoms with Gasteiger partial charge in [-0.15, -0.1) is 0 Å². The van der Waals surface area contributed by atoms with Gasteiger partial charge in [0.25, 0.3) is 0 Å². The van der Waals surface area contributed by atoms with Gasteiger partial charge in [0.2, 0.25) is 0 Å². The van der Waals surface area contributed by atoms with E-state index in [1.807, 2.05) is 13.0 Å². The Morgan fingerprint density at radius 3 is 2.79 bits per heavy atom. The maximum atomic E-state index is 11.6. The van der Waals surface area contributed by atoms with Crippen molar-refractivity contribution in [2.45, 2.75) is 51.6 Å². The molecule has 0 fully saturated rings. The number of carbonyl (C=O) groups is 1. The lowest BCUT2D eigenvalue weighted by Gasteiger charge is -2.13. The number of hydrogen-bond donors (Lipinski definition) is 0. The minimum Gasteiger partial charge on any atom is -0.458 e. The lowest BCUT2D eigenvalue weighted by atomic mass is 10.0. The van der Waals surface area contributed by atoms with E-state index in [-0.39, 0.29) is 12.1 Å². The van der Waals surface area contributed by atoms with Gasteiger partial charge in [-0.2, -0.15) is 0 Å². The third-order valence-electron chi connectivity index (χ3n) is 3.45. The topological polar surface area (TPSA) is 26.3 Å². The summed E-state index contributed by atoms with van der Waals surface area (Å²) in [5.41, 5.74) is 2.56. The molecule has 0 spiro atoms. The first-order valence-corrected chi connectivity index (χ1v) is 7.25. The van der Waals surface area contributed by atoms with Crippen molar-refractivity contribution < 1.29 is 9.53 Å². The first-order valence-electron chi connectivity index (χ1n) is 7.25. The molecular formula is C17H22O2. The molecule has 19 heavy (non-hydrogen) atoms. The molecule has 1 unspecified atom stereocenters. The third-order valence-corrected chi connectivity index (χ3v) is 3.45. The molecule has 0 N–H and O–H groups in total. The molecule has 1 aliphatic carbocycles. The van der Waals surface area contributed by atoms with Crippen LogP contribution in [-0.4, -0.2) is 12.1 Å². The van der Waals surface area contributed by atoms with Crippen molar-refractivity contribution in [3.05, 3.63) is 42.0 Å². The lowest BCUT2D eigenvalue weighted by Crippen LogP contribution is -2.15. The van der Waals surface area contributed by atoms with Crippen molar-refractivity contribution in [3.8, 4) is 0 Å². The van der Waals surface area contributed by atoms with Gasteiger partial charge in [-0.25, -0.2) is 0 Å². The number of hydrogen-bond acceptors (Lipinski definition) is 2. The number of carbonyl (C=O) groups excluding carboxylic acids is 1. The second kappa shape index (κ2) is 7.13. The number of esters is 1. The Bertz CT molecular complexity index is 434. The van der Waals surface area contributed by atoms with Crippen LogP contribution in [0.1, 0.15) is 51.0 Å². The van der Waals surface area contributed by atoms with Crippen molar-refractivity contribution in [2.24, 2.45) is 0 Å². The van der Waals surface area contributed by atoms with E-state index in [0.717, 1.165) is 25.7 Å². The number of ether oxygens (including phenoxy) is 1. The van der Waals surface area contributed by atoms with Gasteiger partial charge in [-0.3, -0.25) is 4.79 Å². The van der Waals surface area contributed by atoms with E-state index in [2.05, 4.69) is 30.3 Å². The van der Waals surface area contributed by atoms with Gasteiger partial charge >= 0.3 is 5.97 Å².